The Labute approximate surface area is 207 Å². The molecule has 0 amide bonds. The Kier molecular flexibility index (Phi) is 9.96. The molecule has 0 aliphatic rings. The van der Waals surface area contributed by atoms with E-state index >= 15 is 0 Å². The highest BCUT2D eigenvalue weighted by Crippen LogP contribution is 2.19. The van der Waals surface area contributed by atoms with Crippen molar-refractivity contribution in [1.82, 2.24) is 9.97 Å². The molecule has 2 heterocycles. The Morgan fingerprint density at radius 3 is 1.05 bits per heavy atom. The molecule has 0 saturated carbocycles. The first-order valence-electron chi connectivity index (χ1n) is 9.79. The minimum absolute atomic E-state index is 0.0794. The van der Waals surface area contributed by atoms with Gasteiger partial charge >= 0.3 is 11.9 Å². The highest BCUT2D eigenvalue weighted by Gasteiger charge is 2.23. The van der Waals surface area contributed by atoms with E-state index in [1.807, 2.05) is 24.3 Å². The number of hydrogen-bond acceptors (Lipinski definition) is 4. The molecule has 0 saturated heterocycles. The summed E-state index contributed by atoms with van der Waals surface area (Å²) in [6.45, 7) is 0. The van der Waals surface area contributed by atoms with Crippen LogP contribution in [0.4, 0.5) is 35.1 Å². The van der Waals surface area contributed by atoms with E-state index < -0.39 is 69.6 Å². The van der Waals surface area contributed by atoms with Gasteiger partial charge in [0.05, 0.1) is 0 Å². The fourth-order valence-corrected chi connectivity index (χ4v) is 2.55. The van der Waals surface area contributed by atoms with Crippen LogP contribution in [0.5, 0.6) is 0 Å². The van der Waals surface area contributed by atoms with Crippen LogP contribution in [0.1, 0.15) is 20.7 Å². The van der Waals surface area contributed by atoms with E-state index in [0.717, 1.165) is 0 Å². The topological polar surface area (TPSA) is 100 Å². The van der Waals surface area contributed by atoms with Crippen molar-refractivity contribution in [2.24, 2.45) is 0 Å². The average Bonchev–Trinajstić information content (AvgIpc) is 2.91. The zero-order valence-corrected chi connectivity index (χ0v) is 18.4. The summed E-state index contributed by atoms with van der Waals surface area (Å²) in [6.07, 6.45) is 7.15. The maximum absolute atomic E-state index is 12.5. The minimum Gasteiger partial charge on any atom is -0.478 e. The van der Waals surface area contributed by atoms with E-state index in [1.54, 1.807) is 24.8 Å². The molecule has 0 radical (unpaired) electrons. The molecule has 4 rings (SSSR count). The first-order chi connectivity index (χ1) is 17.9. The minimum atomic E-state index is -2.13. The Hall–Kier alpha value is -4.88. The lowest BCUT2D eigenvalue weighted by Gasteiger charge is -2.00. The van der Waals surface area contributed by atoms with Gasteiger partial charge in [0.2, 0.25) is 0 Å². The van der Waals surface area contributed by atoms with Crippen molar-refractivity contribution in [3.8, 4) is 11.1 Å². The lowest BCUT2D eigenvalue weighted by atomic mass is 10.1. The van der Waals surface area contributed by atoms with Crippen LogP contribution < -0.4 is 0 Å². The first-order valence-corrected chi connectivity index (χ1v) is 9.79. The largest absolute Gasteiger partial charge is 0.478 e. The number of nitrogens with zero attached hydrogens (tertiary/aromatic N) is 2. The second-order valence-electron chi connectivity index (χ2n) is 6.78. The number of rotatable bonds is 3. The first kappa shape index (κ1) is 29.4. The Morgan fingerprint density at radius 1 is 0.500 bits per heavy atom. The molecule has 0 unspecified atom stereocenters. The van der Waals surface area contributed by atoms with E-state index in [4.69, 9.17) is 10.2 Å². The van der Waals surface area contributed by atoms with Crippen molar-refractivity contribution in [3.05, 3.63) is 119 Å². The smallest absolute Gasteiger partial charge is 0.338 e. The molecule has 0 aliphatic carbocycles. The van der Waals surface area contributed by atoms with Crippen LogP contribution in [0.3, 0.4) is 0 Å². The lowest BCUT2D eigenvalue weighted by Crippen LogP contribution is -2.06. The molecule has 2 aromatic carbocycles. The fraction of sp³-hybridized carbons (Fsp3) is 0. The number of pyridine rings is 2. The van der Waals surface area contributed by atoms with Crippen LogP contribution >= 0.6 is 0 Å². The van der Waals surface area contributed by atoms with Crippen molar-refractivity contribution in [2.75, 3.05) is 0 Å². The molecule has 2 N–H and O–H groups in total. The average molecular weight is 544 g/mol. The highest BCUT2D eigenvalue weighted by atomic mass is 19.2. The van der Waals surface area contributed by atoms with Crippen molar-refractivity contribution in [1.29, 1.82) is 0 Å². The molecular formula is C24H12F8N2O4. The quantitative estimate of drug-likeness (QED) is 0.186. The summed E-state index contributed by atoms with van der Waals surface area (Å²) in [5.74, 6) is -19.3. The number of benzene rings is 2. The Bertz CT molecular complexity index is 1340. The van der Waals surface area contributed by atoms with E-state index in [2.05, 4.69) is 9.97 Å². The summed E-state index contributed by atoms with van der Waals surface area (Å²) in [5, 5.41) is 16.4. The third kappa shape index (κ3) is 7.09. The fourth-order valence-electron chi connectivity index (χ4n) is 2.55. The van der Waals surface area contributed by atoms with Gasteiger partial charge in [-0.15, -0.1) is 0 Å². The molecule has 0 aliphatic heterocycles. The van der Waals surface area contributed by atoms with Crippen LogP contribution in [0, 0.1) is 46.5 Å². The van der Waals surface area contributed by atoms with Gasteiger partial charge in [0.15, 0.2) is 46.5 Å². The van der Waals surface area contributed by atoms with Crippen molar-refractivity contribution in [2.45, 2.75) is 0 Å². The summed E-state index contributed by atoms with van der Waals surface area (Å²) < 4.78 is 99.0. The summed E-state index contributed by atoms with van der Waals surface area (Å²) in [5.41, 5.74) is -0.132. The molecule has 38 heavy (non-hydrogen) atoms. The third-order valence-corrected chi connectivity index (χ3v) is 4.36. The molecule has 2 aromatic heterocycles. The predicted molar refractivity (Wildman–Crippen MR) is 114 cm³/mol. The van der Waals surface area contributed by atoms with Gasteiger partial charge in [-0.25, -0.2) is 44.7 Å². The molecule has 0 bridgehead atoms. The second kappa shape index (κ2) is 12.9. The SMILES string of the molecule is O=C(O)c1cc(F)c(F)c(F)c1F.O=C(O)c1cc(F)c(F)c(F)c1F.c1cc(-c2ccncc2)ccn1. The number of aromatic nitrogens is 2. The molecule has 198 valence electrons. The summed E-state index contributed by atoms with van der Waals surface area (Å²) in [7, 11) is 0. The van der Waals surface area contributed by atoms with Gasteiger partial charge in [-0.1, -0.05) is 0 Å². The zero-order valence-electron chi connectivity index (χ0n) is 18.4. The van der Waals surface area contributed by atoms with Gasteiger partial charge < -0.3 is 10.2 Å². The van der Waals surface area contributed by atoms with Gasteiger partial charge in [0, 0.05) is 24.8 Å². The maximum Gasteiger partial charge on any atom is 0.338 e. The number of carboxylic acid groups (broad SMARTS) is 2. The molecule has 4 aromatic rings. The van der Waals surface area contributed by atoms with Gasteiger partial charge in [0.25, 0.3) is 0 Å². The predicted octanol–water partition coefficient (Wildman–Crippen LogP) is 6.03. The lowest BCUT2D eigenvalue weighted by molar-refractivity contribution is 0.0678. The number of hydrogen-bond donors (Lipinski definition) is 2. The van der Waals surface area contributed by atoms with Crippen LogP contribution in [0.2, 0.25) is 0 Å². The van der Waals surface area contributed by atoms with E-state index in [0.29, 0.717) is 0 Å². The monoisotopic (exact) mass is 544 g/mol. The number of aromatic carboxylic acids is 2. The van der Waals surface area contributed by atoms with Crippen molar-refractivity contribution >= 4 is 11.9 Å². The second-order valence-corrected chi connectivity index (χ2v) is 6.78. The molecular weight excluding hydrogens is 532 g/mol. The Balaban J connectivity index is 0.000000200. The zero-order chi connectivity index (χ0) is 28.6. The standard InChI is InChI=1S/C10H8N2.2C7H2F4O2/c1-5-11-6-2-9(1)10-3-7-12-8-4-10;2*8-3-1-2(7(12)13)4(9)6(11)5(3)10/h1-8H;2*1H,(H,12,13). The third-order valence-electron chi connectivity index (χ3n) is 4.36. The molecule has 14 heteroatoms. The summed E-state index contributed by atoms with van der Waals surface area (Å²) in [4.78, 5) is 28.2. The van der Waals surface area contributed by atoms with Crippen molar-refractivity contribution in [3.63, 3.8) is 0 Å². The van der Waals surface area contributed by atoms with Gasteiger partial charge in [-0.05, 0) is 47.5 Å². The van der Waals surface area contributed by atoms with Crippen LogP contribution in [0.25, 0.3) is 11.1 Å². The van der Waals surface area contributed by atoms with Gasteiger partial charge in [-0.3, -0.25) is 9.97 Å². The normalized spacial score (nSPS) is 10.0. The van der Waals surface area contributed by atoms with E-state index in [9.17, 15) is 44.7 Å². The van der Waals surface area contributed by atoms with Crippen LogP contribution in [-0.4, -0.2) is 32.1 Å². The summed E-state index contributed by atoms with van der Waals surface area (Å²) in [6, 6.07) is 8.08. The van der Waals surface area contributed by atoms with Crippen LogP contribution in [-0.2, 0) is 0 Å². The molecule has 0 fully saturated rings. The number of carbonyl (C=O) groups is 2. The Morgan fingerprint density at radius 2 is 0.789 bits per heavy atom. The van der Waals surface area contributed by atoms with Gasteiger partial charge in [0.1, 0.15) is 11.1 Å². The highest BCUT2D eigenvalue weighted by molar-refractivity contribution is 5.88. The molecule has 6 nitrogen and oxygen atoms in total. The van der Waals surface area contributed by atoms with E-state index in [-0.39, 0.29) is 12.1 Å². The maximum atomic E-state index is 12.5. The molecule has 0 spiro atoms. The molecule has 0 atom stereocenters. The van der Waals surface area contributed by atoms with Crippen molar-refractivity contribution < 1.29 is 54.9 Å². The van der Waals surface area contributed by atoms with E-state index in [1.165, 1.54) is 11.1 Å². The van der Waals surface area contributed by atoms with Crippen LogP contribution in [0.15, 0.2) is 61.2 Å². The number of carboxylic acids is 2. The van der Waals surface area contributed by atoms with Gasteiger partial charge in [-0.2, -0.15) is 0 Å². The number of halogens is 8. The summed E-state index contributed by atoms with van der Waals surface area (Å²) >= 11 is 0.